The summed E-state index contributed by atoms with van der Waals surface area (Å²) in [6.07, 6.45) is 0. The number of nitrogens with one attached hydrogen (secondary N) is 2. The van der Waals surface area contributed by atoms with Crippen molar-refractivity contribution in [1.29, 1.82) is 0 Å². The SMILES string of the molecule is COCCNCCNC(=O)c1c(-c2ccccc2)noc1C. The van der Waals surface area contributed by atoms with Crippen molar-refractivity contribution in [2.45, 2.75) is 6.92 Å². The minimum Gasteiger partial charge on any atom is -0.383 e. The van der Waals surface area contributed by atoms with E-state index >= 15 is 0 Å². The van der Waals surface area contributed by atoms with Crippen LogP contribution in [-0.4, -0.2) is 44.4 Å². The highest BCUT2D eigenvalue weighted by molar-refractivity contribution is 6.00. The topological polar surface area (TPSA) is 76.4 Å². The number of ether oxygens (including phenoxy) is 1. The summed E-state index contributed by atoms with van der Waals surface area (Å²) in [6.45, 7) is 4.36. The number of methoxy groups -OCH3 is 1. The Hall–Kier alpha value is -2.18. The molecule has 0 radical (unpaired) electrons. The summed E-state index contributed by atoms with van der Waals surface area (Å²) in [6, 6.07) is 9.53. The lowest BCUT2D eigenvalue weighted by atomic mass is 10.1. The van der Waals surface area contributed by atoms with Crippen LogP contribution >= 0.6 is 0 Å². The highest BCUT2D eigenvalue weighted by Crippen LogP contribution is 2.24. The van der Waals surface area contributed by atoms with Gasteiger partial charge in [0.1, 0.15) is 17.0 Å². The van der Waals surface area contributed by atoms with E-state index in [1.165, 1.54) is 0 Å². The summed E-state index contributed by atoms with van der Waals surface area (Å²) in [5.74, 6) is 0.342. The maximum atomic E-state index is 12.3. The van der Waals surface area contributed by atoms with Crippen molar-refractivity contribution < 1.29 is 14.1 Å². The van der Waals surface area contributed by atoms with Crippen molar-refractivity contribution in [3.63, 3.8) is 0 Å². The van der Waals surface area contributed by atoms with Crippen LogP contribution in [0, 0.1) is 6.92 Å². The van der Waals surface area contributed by atoms with Crippen LogP contribution in [0.5, 0.6) is 0 Å². The smallest absolute Gasteiger partial charge is 0.257 e. The first-order valence-electron chi connectivity index (χ1n) is 7.23. The van der Waals surface area contributed by atoms with Crippen molar-refractivity contribution in [2.24, 2.45) is 0 Å². The number of hydrogen-bond acceptors (Lipinski definition) is 5. The van der Waals surface area contributed by atoms with Crippen molar-refractivity contribution in [1.82, 2.24) is 15.8 Å². The number of rotatable bonds is 8. The maximum absolute atomic E-state index is 12.3. The van der Waals surface area contributed by atoms with Crippen LogP contribution in [0.4, 0.5) is 0 Å². The fourth-order valence-electron chi connectivity index (χ4n) is 2.08. The Bertz CT molecular complexity index is 596. The normalized spacial score (nSPS) is 10.6. The molecule has 22 heavy (non-hydrogen) atoms. The first-order chi connectivity index (χ1) is 10.7. The number of aromatic nitrogens is 1. The van der Waals surface area contributed by atoms with Gasteiger partial charge in [-0.15, -0.1) is 0 Å². The van der Waals surface area contributed by atoms with Gasteiger partial charge in [-0.05, 0) is 6.92 Å². The van der Waals surface area contributed by atoms with Gasteiger partial charge in [-0.3, -0.25) is 4.79 Å². The lowest BCUT2D eigenvalue weighted by molar-refractivity contribution is 0.0952. The van der Waals surface area contributed by atoms with E-state index in [0.29, 0.717) is 36.7 Å². The fourth-order valence-corrected chi connectivity index (χ4v) is 2.08. The van der Waals surface area contributed by atoms with Crippen LogP contribution in [0.3, 0.4) is 0 Å². The van der Waals surface area contributed by atoms with Gasteiger partial charge in [-0.2, -0.15) is 0 Å². The predicted molar refractivity (Wildman–Crippen MR) is 83.8 cm³/mol. The zero-order valence-electron chi connectivity index (χ0n) is 12.9. The Balaban J connectivity index is 1.97. The molecule has 118 valence electrons. The average molecular weight is 303 g/mol. The molecule has 2 aromatic rings. The first-order valence-corrected chi connectivity index (χ1v) is 7.23. The number of carbonyl (C=O) groups is 1. The molecule has 0 aliphatic heterocycles. The lowest BCUT2D eigenvalue weighted by Gasteiger charge is -2.07. The second-order valence-electron chi connectivity index (χ2n) is 4.83. The summed E-state index contributed by atoms with van der Waals surface area (Å²) in [7, 11) is 1.66. The van der Waals surface area contributed by atoms with Crippen molar-refractivity contribution in [2.75, 3.05) is 33.4 Å². The number of aryl methyl sites for hydroxylation is 1. The number of benzene rings is 1. The molecule has 0 bridgehead atoms. The Labute approximate surface area is 129 Å². The molecule has 0 aliphatic carbocycles. The highest BCUT2D eigenvalue weighted by Gasteiger charge is 2.20. The third-order valence-electron chi connectivity index (χ3n) is 3.21. The van der Waals surface area contributed by atoms with Gasteiger partial charge in [0.2, 0.25) is 0 Å². The Morgan fingerprint density at radius 1 is 1.23 bits per heavy atom. The molecule has 0 fully saturated rings. The van der Waals surface area contributed by atoms with Gasteiger partial charge in [-0.1, -0.05) is 35.5 Å². The molecule has 2 rings (SSSR count). The largest absolute Gasteiger partial charge is 0.383 e. The van der Waals surface area contributed by atoms with Crippen molar-refractivity contribution in [3.8, 4) is 11.3 Å². The molecule has 1 aromatic carbocycles. The second kappa shape index (κ2) is 8.31. The average Bonchev–Trinajstić information content (AvgIpc) is 2.93. The molecule has 0 saturated carbocycles. The maximum Gasteiger partial charge on any atom is 0.257 e. The van der Waals surface area contributed by atoms with E-state index in [4.69, 9.17) is 9.26 Å². The number of nitrogens with zero attached hydrogens (tertiary/aromatic N) is 1. The summed E-state index contributed by atoms with van der Waals surface area (Å²) >= 11 is 0. The van der Waals surface area contributed by atoms with Crippen LogP contribution in [-0.2, 0) is 4.74 Å². The highest BCUT2D eigenvalue weighted by atomic mass is 16.5. The third kappa shape index (κ3) is 4.16. The van der Waals surface area contributed by atoms with Crippen LogP contribution < -0.4 is 10.6 Å². The number of hydrogen-bond donors (Lipinski definition) is 2. The van der Waals surface area contributed by atoms with Gasteiger partial charge >= 0.3 is 0 Å². The van der Waals surface area contributed by atoms with Gasteiger partial charge < -0.3 is 19.9 Å². The van der Waals surface area contributed by atoms with Gasteiger partial charge in [0, 0.05) is 32.3 Å². The Morgan fingerprint density at radius 3 is 2.73 bits per heavy atom. The van der Waals surface area contributed by atoms with Gasteiger partial charge in [0.25, 0.3) is 5.91 Å². The van der Waals surface area contributed by atoms with Crippen LogP contribution in [0.15, 0.2) is 34.9 Å². The van der Waals surface area contributed by atoms with Crippen LogP contribution in [0.2, 0.25) is 0 Å². The van der Waals surface area contributed by atoms with E-state index in [2.05, 4.69) is 15.8 Å². The monoisotopic (exact) mass is 303 g/mol. The Kier molecular flexibility index (Phi) is 6.12. The van der Waals surface area contributed by atoms with Gasteiger partial charge in [0.15, 0.2) is 0 Å². The molecule has 0 unspecified atom stereocenters. The van der Waals surface area contributed by atoms with Gasteiger partial charge in [-0.25, -0.2) is 0 Å². The fraction of sp³-hybridized carbons (Fsp3) is 0.375. The molecule has 0 aliphatic rings. The first kappa shape index (κ1) is 16.2. The zero-order chi connectivity index (χ0) is 15.8. The third-order valence-corrected chi connectivity index (χ3v) is 3.21. The van der Waals surface area contributed by atoms with Crippen LogP contribution in [0.25, 0.3) is 11.3 Å². The minimum absolute atomic E-state index is 0.175. The molecule has 0 atom stereocenters. The predicted octanol–water partition coefficient (Wildman–Crippen LogP) is 1.62. The standard InChI is InChI=1S/C16H21N3O3/c1-12-14(16(20)18-9-8-17-10-11-21-2)15(19-22-12)13-6-4-3-5-7-13/h3-7,17H,8-11H2,1-2H3,(H,18,20). The van der Waals surface area contributed by atoms with E-state index in [9.17, 15) is 4.79 Å². The van der Waals surface area contributed by atoms with E-state index in [1.807, 2.05) is 30.3 Å². The van der Waals surface area contributed by atoms with E-state index in [1.54, 1.807) is 14.0 Å². The number of carbonyl (C=O) groups excluding carboxylic acids is 1. The molecule has 1 amide bonds. The summed E-state index contributed by atoms with van der Waals surface area (Å²) in [5, 5.41) is 10.0. The summed E-state index contributed by atoms with van der Waals surface area (Å²) in [5.41, 5.74) is 1.92. The second-order valence-corrected chi connectivity index (χ2v) is 4.83. The molecular weight excluding hydrogens is 282 g/mol. The van der Waals surface area contributed by atoms with E-state index in [-0.39, 0.29) is 5.91 Å². The van der Waals surface area contributed by atoms with Gasteiger partial charge in [0.05, 0.1) is 6.61 Å². The molecule has 2 N–H and O–H groups in total. The summed E-state index contributed by atoms with van der Waals surface area (Å²) in [4.78, 5) is 12.3. The summed E-state index contributed by atoms with van der Waals surface area (Å²) < 4.78 is 10.1. The van der Waals surface area contributed by atoms with Crippen LogP contribution in [0.1, 0.15) is 16.1 Å². The van der Waals surface area contributed by atoms with Crippen molar-refractivity contribution >= 4 is 5.91 Å². The lowest BCUT2D eigenvalue weighted by Crippen LogP contribution is -2.33. The van der Waals surface area contributed by atoms with Crippen molar-refractivity contribution in [3.05, 3.63) is 41.7 Å². The molecule has 0 spiro atoms. The molecule has 1 heterocycles. The minimum atomic E-state index is -0.175. The molecule has 0 saturated heterocycles. The molecule has 1 aromatic heterocycles. The molecule has 6 nitrogen and oxygen atoms in total. The number of amides is 1. The molecular formula is C16H21N3O3. The van der Waals surface area contributed by atoms with E-state index in [0.717, 1.165) is 12.1 Å². The van der Waals surface area contributed by atoms with E-state index < -0.39 is 0 Å². The molecule has 6 heteroatoms. The zero-order valence-corrected chi connectivity index (χ0v) is 12.9. The quantitative estimate of drug-likeness (QED) is 0.725. The Morgan fingerprint density at radius 2 is 2.00 bits per heavy atom.